The number of hydrogen-bond donors (Lipinski definition) is 0. The first-order valence-corrected chi connectivity index (χ1v) is 10.8. The minimum absolute atomic E-state index is 0.00294. The molecule has 2 aliphatic rings. The van der Waals surface area contributed by atoms with Crippen molar-refractivity contribution in [3.05, 3.63) is 59.7 Å². The summed E-state index contributed by atoms with van der Waals surface area (Å²) in [6, 6.07) is 14.9. The van der Waals surface area contributed by atoms with E-state index in [0.29, 0.717) is 49.9 Å². The number of carbonyl (C=O) groups excluding carboxylic acids is 2. The summed E-state index contributed by atoms with van der Waals surface area (Å²) in [4.78, 5) is 36.2. The maximum Gasteiger partial charge on any atom is 0.278 e. The second-order valence-corrected chi connectivity index (χ2v) is 7.61. The fourth-order valence-corrected chi connectivity index (χ4v) is 3.95. The van der Waals surface area contributed by atoms with Crippen molar-refractivity contribution in [1.29, 1.82) is 0 Å². The Kier molecular flexibility index (Phi) is 6.44. The first-order chi connectivity index (χ1) is 15.1. The Morgan fingerprint density at radius 3 is 2.39 bits per heavy atom. The number of morpholine rings is 1. The largest absolute Gasteiger partial charge is 0.379 e. The van der Waals surface area contributed by atoms with Crippen molar-refractivity contribution in [2.24, 2.45) is 4.99 Å². The number of ether oxygens (including phenoxy) is 1. The SMILES string of the molecule is CCN(CC)C(=O)c1ccc(N=C2C(=O)N(CN3CCOCC3)c3ccccc32)cc1. The minimum Gasteiger partial charge on any atom is -0.379 e. The third-order valence-electron chi connectivity index (χ3n) is 5.75. The van der Waals surface area contributed by atoms with Crippen molar-refractivity contribution in [3.63, 3.8) is 0 Å². The average molecular weight is 421 g/mol. The van der Waals surface area contributed by atoms with E-state index in [9.17, 15) is 9.59 Å². The number of para-hydroxylation sites is 1. The van der Waals surface area contributed by atoms with E-state index in [1.54, 1.807) is 34.1 Å². The van der Waals surface area contributed by atoms with E-state index in [-0.39, 0.29) is 11.8 Å². The number of rotatable bonds is 6. The number of nitrogens with zero attached hydrogens (tertiary/aromatic N) is 4. The summed E-state index contributed by atoms with van der Waals surface area (Å²) in [6.07, 6.45) is 0. The van der Waals surface area contributed by atoms with Gasteiger partial charge in [-0.3, -0.25) is 19.4 Å². The Hall–Kier alpha value is -3.03. The van der Waals surface area contributed by atoms with E-state index in [4.69, 9.17) is 4.74 Å². The molecule has 7 heteroatoms. The second kappa shape index (κ2) is 9.41. The molecule has 0 spiro atoms. The molecule has 0 aliphatic carbocycles. The first kappa shape index (κ1) is 21.2. The van der Waals surface area contributed by atoms with Gasteiger partial charge < -0.3 is 9.64 Å². The van der Waals surface area contributed by atoms with E-state index in [1.807, 2.05) is 38.1 Å². The zero-order valence-corrected chi connectivity index (χ0v) is 18.1. The lowest BCUT2D eigenvalue weighted by Gasteiger charge is -2.30. The molecule has 0 bridgehead atoms. The van der Waals surface area contributed by atoms with Gasteiger partial charge in [-0.25, -0.2) is 4.99 Å². The molecule has 0 radical (unpaired) electrons. The van der Waals surface area contributed by atoms with Gasteiger partial charge in [0, 0.05) is 37.3 Å². The van der Waals surface area contributed by atoms with Crippen LogP contribution in [0.5, 0.6) is 0 Å². The molecule has 1 fully saturated rings. The molecule has 2 aliphatic heterocycles. The third-order valence-corrected chi connectivity index (χ3v) is 5.75. The lowest BCUT2D eigenvalue weighted by molar-refractivity contribution is -0.112. The molecule has 0 unspecified atom stereocenters. The molecule has 0 atom stereocenters. The van der Waals surface area contributed by atoms with Crippen molar-refractivity contribution in [3.8, 4) is 0 Å². The van der Waals surface area contributed by atoms with Crippen LogP contribution in [0.2, 0.25) is 0 Å². The molecule has 31 heavy (non-hydrogen) atoms. The molecular weight excluding hydrogens is 392 g/mol. The Morgan fingerprint density at radius 1 is 1.03 bits per heavy atom. The minimum atomic E-state index is -0.101. The highest BCUT2D eigenvalue weighted by atomic mass is 16.5. The van der Waals surface area contributed by atoms with Crippen molar-refractivity contribution < 1.29 is 14.3 Å². The van der Waals surface area contributed by atoms with Crippen LogP contribution in [-0.2, 0) is 9.53 Å². The number of anilines is 1. The molecule has 2 heterocycles. The fourth-order valence-electron chi connectivity index (χ4n) is 3.95. The van der Waals surface area contributed by atoms with Crippen LogP contribution in [0.1, 0.15) is 29.8 Å². The van der Waals surface area contributed by atoms with E-state index in [1.165, 1.54) is 0 Å². The molecule has 1 saturated heterocycles. The molecule has 7 nitrogen and oxygen atoms in total. The predicted molar refractivity (Wildman–Crippen MR) is 121 cm³/mol. The smallest absolute Gasteiger partial charge is 0.278 e. The molecular formula is C24H28N4O3. The molecule has 2 amide bonds. The van der Waals surface area contributed by atoms with Crippen LogP contribution in [0, 0.1) is 0 Å². The maximum atomic E-state index is 13.3. The van der Waals surface area contributed by atoms with Crippen molar-refractivity contribution in [2.75, 3.05) is 51.0 Å². The van der Waals surface area contributed by atoms with Gasteiger partial charge in [-0.05, 0) is 44.2 Å². The number of hydrogen-bond acceptors (Lipinski definition) is 5. The van der Waals surface area contributed by atoms with Crippen molar-refractivity contribution in [2.45, 2.75) is 13.8 Å². The Bertz CT molecular complexity index is 977. The number of fused-ring (bicyclic) bond motifs is 1. The van der Waals surface area contributed by atoms with Gasteiger partial charge in [0.1, 0.15) is 5.71 Å². The Morgan fingerprint density at radius 2 is 1.71 bits per heavy atom. The lowest BCUT2D eigenvalue weighted by Crippen LogP contribution is -2.45. The van der Waals surface area contributed by atoms with Crippen LogP contribution < -0.4 is 4.90 Å². The summed E-state index contributed by atoms with van der Waals surface area (Å²) >= 11 is 0. The summed E-state index contributed by atoms with van der Waals surface area (Å²) < 4.78 is 5.42. The monoisotopic (exact) mass is 420 g/mol. The highest BCUT2D eigenvalue weighted by molar-refractivity contribution is 6.54. The van der Waals surface area contributed by atoms with Gasteiger partial charge in [-0.15, -0.1) is 0 Å². The molecule has 0 N–H and O–H groups in total. The second-order valence-electron chi connectivity index (χ2n) is 7.61. The third kappa shape index (κ3) is 4.38. The van der Waals surface area contributed by atoms with Gasteiger partial charge in [0.15, 0.2) is 0 Å². The summed E-state index contributed by atoms with van der Waals surface area (Å²) in [7, 11) is 0. The molecule has 0 saturated carbocycles. The normalized spacial score (nSPS) is 17.8. The van der Waals surface area contributed by atoms with E-state index in [2.05, 4.69) is 9.89 Å². The zero-order valence-electron chi connectivity index (χ0n) is 18.1. The topological polar surface area (TPSA) is 65.5 Å². The van der Waals surface area contributed by atoms with Gasteiger partial charge in [0.25, 0.3) is 11.8 Å². The zero-order chi connectivity index (χ0) is 21.8. The Labute approximate surface area is 182 Å². The predicted octanol–water partition coefficient (Wildman–Crippen LogP) is 2.93. The van der Waals surface area contributed by atoms with Crippen LogP contribution in [0.4, 0.5) is 11.4 Å². The molecule has 0 aromatic heterocycles. The van der Waals surface area contributed by atoms with E-state index in [0.717, 1.165) is 24.3 Å². The molecule has 2 aromatic rings. The van der Waals surface area contributed by atoms with Crippen LogP contribution in [0.15, 0.2) is 53.5 Å². The lowest BCUT2D eigenvalue weighted by atomic mass is 10.1. The van der Waals surface area contributed by atoms with Gasteiger partial charge in [-0.2, -0.15) is 0 Å². The maximum absolute atomic E-state index is 13.3. The van der Waals surface area contributed by atoms with Crippen LogP contribution in [0.25, 0.3) is 0 Å². The van der Waals surface area contributed by atoms with Gasteiger partial charge in [0.2, 0.25) is 0 Å². The summed E-state index contributed by atoms with van der Waals surface area (Å²) in [5, 5.41) is 0. The number of aliphatic imine (C=N–C) groups is 1. The van der Waals surface area contributed by atoms with Crippen LogP contribution in [0.3, 0.4) is 0 Å². The number of amides is 2. The highest BCUT2D eigenvalue weighted by Gasteiger charge is 2.34. The van der Waals surface area contributed by atoms with Gasteiger partial charge >= 0.3 is 0 Å². The van der Waals surface area contributed by atoms with Crippen molar-refractivity contribution in [1.82, 2.24) is 9.80 Å². The summed E-state index contributed by atoms with van der Waals surface area (Å²) in [5.41, 5.74) is 3.43. The van der Waals surface area contributed by atoms with Gasteiger partial charge in [-0.1, -0.05) is 18.2 Å². The van der Waals surface area contributed by atoms with E-state index < -0.39 is 0 Å². The first-order valence-electron chi connectivity index (χ1n) is 10.8. The summed E-state index contributed by atoms with van der Waals surface area (Å²) in [5.74, 6) is -0.0980. The number of carbonyl (C=O) groups is 2. The highest BCUT2D eigenvalue weighted by Crippen LogP contribution is 2.31. The standard InChI is InChI=1S/C24H28N4O3/c1-3-27(4-2)23(29)18-9-11-19(12-10-18)25-22-20-7-5-6-8-21(20)28(24(22)30)17-26-13-15-31-16-14-26/h5-12H,3-4,13-17H2,1-2H3. The average Bonchev–Trinajstić information content (AvgIpc) is 3.07. The quantitative estimate of drug-likeness (QED) is 0.721. The number of benzene rings is 2. The Balaban J connectivity index is 1.58. The van der Waals surface area contributed by atoms with E-state index >= 15 is 0 Å². The molecule has 4 rings (SSSR count). The fraction of sp³-hybridized carbons (Fsp3) is 0.375. The summed E-state index contributed by atoms with van der Waals surface area (Å²) in [6.45, 7) is 8.78. The molecule has 162 valence electrons. The molecule has 2 aromatic carbocycles. The van der Waals surface area contributed by atoms with Crippen LogP contribution in [-0.4, -0.2) is 73.4 Å². The van der Waals surface area contributed by atoms with Gasteiger partial charge in [0.05, 0.1) is 31.3 Å². The van der Waals surface area contributed by atoms with Crippen molar-refractivity contribution >= 4 is 28.9 Å². The van der Waals surface area contributed by atoms with Crippen LogP contribution >= 0.6 is 0 Å².